The van der Waals surface area contributed by atoms with Gasteiger partial charge >= 0.3 is 5.97 Å². The summed E-state index contributed by atoms with van der Waals surface area (Å²) >= 11 is 0. The second kappa shape index (κ2) is 4.76. The number of carboxylic acids is 1. The first-order chi connectivity index (χ1) is 5.54. The fourth-order valence-corrected chi connectivity index (χ4v) is 4.16. The van der Waals surface area contributed by atoms with E-state index in [4.69, 9.17) is 5.11 Å². The molecule has 0 aromatic heterocycles. The van der Waals surface area contributed by atoms with Crippen LogP contribution in [0.4, 0.5) is 4.39 Å². The number of aliphatic carboxylic acids is 1. The van der Waals surface area contributed by atoms with Crippen LogP contribution in [0.15, 0.2) is 0 Å². The fraction of sp³-hybridized carbons (Fsp3) is 0.875. The Morgan fingerprint density at radius 1 is 1.33 bits per heavy atom. The average Bonchev–Trinajstić information content (AvgIpc) is 2.08. The van der Waals surface area contributed by atoms with E-state index in [2.05, 4.69) is 0 Å². The molecular weight excluding hydrogens is 178 g/mol. The van der Waals surface area contributed by atoms with E-state index in [1.807, 2.05) is 20.8 Å². The van der Waals surface area contributed by atoms with Crippen LogP contribution < -0.4 is 0 Å². The minimum absolute atomic E-state index is 0.688. The predicted molar refractivity (Wildman–Crippen MR) is 51.1 cm³/mol. The smallest absolute Gasteiger partial charge is 0.377 e. The minimum Gasteiger partial charge on any atom is -0.476 e. The highest BCUT2D eigenvalue weighted by atomic mass is 31.2. The van der Waals surface area contributed by atoms with E-state index in [0.29, 0.717) is 18.5 Å². The Bertz CT molecular complexity index is 149. The van der Waals surface area contributed by atoms with Gasteiger partial charge in [0.25, 0.3) is 5.91 Å². The lowest BCUT2D eigenvalue weighted by molar-refractivity contribution is -0.139. The van der Waals surface area contributed by atoms with Crippen LogP contribution in [0.2, 0.25) is 0 Å². The van der Waals surface area contributed by atoms with Crippen LogP contribution in [0.25, 0.3) is 0 Å². The highest BCUT2D eigenvalue weighted by molar-refractivity contribution is 7.77. The zero-order chi connectivity index (χ0) is 9.78. The summed E-state index contributed by atoms with van der Waals surface area (Å²) in [7, 11) is -1.85. The van der Waals surface area contributed by atoms with Crippen LogP contribution in [0.3, 0.4) is 0 Å². The maximum atomic E-state index is 13.3. The summed E-state index contributed by atoms with van der Waals surface area (Å²) in [5.74, 6) is -2.90. The Labute approximate surface area is 73.5 Å². The number of halogens is 1. The van der Waals surface area contributed by atoms with Gasteiger partial charge in [-0.1, -0.05) is 0 Å². The minimum atomic E-state index is -1.85. The molecule has 0 fully saturated rings. The highest BCUT2D eigenvalue weighted by Crippen LogP contribution is 2.62. The summed E-state index contributed by atoms with van der Waals surface area (Å²) in [6, 6.07) is 0. The van der Waals surface area contributed by atoms with Crippen molar-refractivity contribution in [2.75, 3.05) is 18.5 Å². The summed E-state index contributed by atoms with van der Waals surface area (Å²) in [4.78, 5) is 10.5. The molecule has 0 rings (SSSR count). The molecule has 0 aromatic rings. The van der Waals surface area contributed by atoms with Crippen LogP contribution >= 0.6 is 7.26 Å². The van der Waals surface area contributed by atoms with Gasteiger partial charge in [-0.3, -0.25) is 0 Å². The summed E-state index contributed by atoms with van der Waals surface area (Å²) < 4.78 is 13.3. The van der Waals surface area contributed by atoms with Gasteiger partial charge in [0.15, 0.2) is 0 Å². The molecule has 0 bridgehead atoms. The number of hydrogen-bond donors (Lipinski definition) is 1. The molecule has 0 spiro atoms. The number of hydrogen-bond acceptors (Lipinski definition) is 1. The molecule has 12 heavy (non-hydrogen) atoms. The van der Waals surface area contributed by atoms with Crippen LogP contribution in [-0.4, -0.2) is 35.5 Å². The van der Waals surface area contributed by atoms with Crippen molar-refractivity contribution >= 4 is 13.2 Å². The topological polar surface area (TPSA) is 37.3 Å². The van der Waals surface area contributed by atoms with E-state index < -0.39 is 19.1 Å². The van der Waals surface area contributed by atoms with E-state index >= 15 is 0 Å². The second-order valence-electron chi connectivity index (χ2n) is 2.84. The van der Waals surface area contributed by atoms with Crippen molar-refractivity contribution in [3.63, 3.8) is 0 Å². The molecule has 0 heterocycles. The van der Waals surface area contributed by atoms with E-state index in [1.165, 1.54) is 0 Å². The zero-order valence-corrected chi connectivity index (χ0v) is 8.77. The Hall–Kier alpha value is -0.170. The molecule has 1 N–H and O–H groups in total. The summed E-state index contributed by atoms with van der Waals surface area (Å²) in [5.41, 5.74) is 0. The maximum Gasteiger partial charge on any atom is 0.377 e. The summed E-state index contributed by atoms with van der Waals surface area (Å²) in [6.45, 7) is 5.66. The lowest BCUT2D eigenvalue weighted by Gasteiger charge is -2.24. The molecule has 0 radical (unpaired) electrons. The number of carbonyl (C=O) groups is 1. The van der Waals surface area contributed by atoms with Gasteiger partial charge < -0.3 is 5.11 Å². The van der Waals surface area contributed by atoms with Gasteiger partial charge in [-0.15, -0.1) is 0 Å². The first-order valence-electron chi connectivity index (χ1n) is 4.26. The molecule has 0 amide bonds. The molecule has 0 aliphatic carbocycles. The number of rotatable bonds is 5. The van der Waals surface area contributed by atoms with E-state index in [9.17, 15) is 9.18 Å². The van der Waals surface area contributed by atoms with E-state index in [1.54, 1.807) is 0 Å². The van der Waals surface area contributed by atoms with Crippen LogP contribution in [0.5, 0.6) is 0 Å². The highest BCUT2D eigenvalue weighted by Gasteiger charge is 2.46. The largest absolute Gasteiger partial charge is 0.476 e. The number of carboxylic acid groups (broad SMARTS) is 1. The van der Waals surface area contributed by atoms with Crippen molar-refractivity contribution in [3.8, 4) is 0 Å². The molecule has 0 aliphatic rings. The monoisotopic (exact) mass is 195 g/mol. The Kier molecular flexibility index (Phi) is 4.69. The summed E-state index contributed by atoms with van der Waals surface area (Å²) in [6.07, 6.45) is 2.06. The van der Waals surface area contributed by atoms with Gasteiger partial charge in [0.1, 0.15) is 0 Å². The van der Waals surface area contributed by atoms with Crippen LogP contribution in [0.1, 0.15) is 20.8 Å². The average molecular weight is 195 g/mol. The van der Waals surface area contributed by atoms with Gasteiger partial charge in [-0.05, 0) is 20.8 Å². The molecule has 1 unspecified atom stereocenters. The molecule has 0 aromatic carbocycles. The third-order valence-corrected chi connectivity index (χ3v) is 7.54. The molecule has 72 valence electrons. The van der Waals surface area contributed by atoms with E-state index in [-0.39, 0.29) is 0 Å². The fourth-order valence-electron chi connectivity index (χ4n) is 1.39. The SMILES string of the molecule is CC[P+](CC)(CC)C(F)C(=O)O. The van der Waals surface area contributed by atoms with Gasteiger partial charge in [0, 0.05) is 0 Å². The standard InChI is InChI=1S/C8H16FO2P/c1-4-12(5-2,6-3)7(9)8(10)11/h7H,4-6H2,1-3H3/p+1. The third-order valence-electron chi connectivity index (χ3n) is 2.57. The first-order valence-corrected chi connectivity index (χ1v) is 6.68. The third kappa shape index (κ3) is 2.16. The molecular formula is C8H17FO2P+. The first kappa shape index (κ1) is 11.8. The Morgan fingerprint density at radius 2 is 1.67 bits per heavy atom. The quantitative estimate of drug-likeness (QED) is 0.684. The predicted octanol–water partition coefficient (Wildman–Crippen LogP) is 2.44. The zero-order valence-electron chi connectivity index (χ0n) is 7.88. The van der Waals surface area contributed by atoms with Crippen molar-refractivity contribution < 1.29 is 14.3 Å². The van der Waals surface area contributed by atoms with Crippen molar-refractivity contribution in [3.05, 3.63) is 0 Å². The lowest BCUT2D eigenvalue weighted by atomic mass is 10.8. The molecule has 1 atom stereocenters. The normalized spacial score (nSPS) is 14.3. The molecule has 2 nitrogen and oxygen atoms in total. The molecule has 4 heteroatoms. The van der Waals surface area contributed by atoms with Crippen molar-refractivity contribution in [2.45, 2.75) is 26.7 Å². The van der Waals surface area contributed by atoms with Crippen molar-refractivity contribution in [1.29, 1.82) is 0 Å². The van der Waals surface area contributed by atoms with Gasteiger partial charge in [-0.2, -0.15) is 4.39 Å². The Morgan fingerprint density at radius 3 is 1.75 bits per heavy atom. The lowest BCUT2D eigenvalue weighted by Crippen LogP contribution is -2.23. The maximum absolute atomic E-state index is 13.3. The van der Waals surface area contributed by atoms with Gasteiger partial charge in [0.2, 0.25) is 0 Å². The number of alkyl halides is 1. The van der Waals surface area contributed by atoms with Gasteiger partial charge in [-0.25, -0.2) is 4.79 Å². The van der Waals surface area contributed by atoms with Gasteiger partial charge in [0.05, 0.1) is 25.7 Å². The van der Waals surface area contributed by atoms with Crippen molar-refractivity contribution in [2.24, 2.45) is 0 Å². The molecule has 0 saturated heterocycles. The Balaban J connectivity index is 4.58. The van der Waals surface area contributed by atoms with Crippen LogP contribution in [-0.2, 0) is 4.79 Å². The summed E-state index contributed by atoms with van der Waals surface area (Å²) in [5, 5.41) is 8.56. The van der Waals surface area contributed by atoms with Crippen LogP contribution in [0, 0.1) is 0 Å². The second-order valence-corrected chi connectivity index (χ2v) is 7.63. The van der Waals surface area contributed by atoms with E-state index in [0.717, 1.165) is 0 Å². The van der Waals surface area contributed by atoms with Crippen molar-refractivity contribution in [1.82, 2.24) is 0 Å². The molecule has 0 aliphatic heterocycles. The molecule has 0 saturated carbocycles.